The van der Waals surface area contributed by atoms with E-state index >= 15 is 0 Å². The average molecular weight is 316 g/mol. The highest BCUT2D eigenvalue weighted by atomic mass is 35.5. The Kier molecular flexibility index (Phi) is 4.73. The number of benzene rings is 1. The van der Waals surface area contributed by atoms with E-state index in [1.54, 1.807) is 13.0 Å². The van der Waals surface area contributed by atoms with E-state index in [0.29, 0.717) is 11.6 Å². The molecule has 0 radical (unpaired) electrons. The molecule has 0 aliphatic carbocycles. The van der Waals surface area contributed by atoms with Crippen molar-refractivity contribution >= 4 is 32.4 Å². The SMILES string of the molecule is CCS(=O)(=O)CCNC(C)c1cc2cc(Cl)ccc2o1. The quantitative estimate of drug-likeness (QED) is 0.889. The second-order valence-electron chi connectivity index (χ2n) is 4.74. The van der Waals surface area contributed by atoms with Gasteiger partial charge in [-0.15, -0.1) is 0 Å². The topological polar surface area (TPSA) is 59.3 Å². The first-order valence-corrected chi connectivity index (χ1v) is 8.74. The van der Waals surface area contributed by atoms with Crippen LogP contribution in [0.4, 0.5) is 0 Å². The molecule has 1 atom stereocenters. The van der Waals surface area contributed by atoms with E-state index in [9.17, 15) is 8.42 Å². The van der Waals surface area contributed by atoms with Crippen LogP contribution in [-0.4, -0.2) is 26.5 Å². The van der Waals surface area contributed by atoms with Gasteiger partial charge in [0.15, 0.2) is 9.84 Å². The third kappa shape index (κ3) is 3.75. The van der Waals surface area contributed by atoms with Crippen LogP contribution in [0, 0.1) is 0 Å². The molecule has 2 rings (SSSR count). The third-order valence-electron chi connectivity index (χ3n) is 3.23. The van der Waals surface area contributed by atoms with Gasteiger partial charge in [-0.3, -0.25) is 0 Å². The number of nitrogens with one attached hydrogen (secondary N) is 1. The van der Waals surface area contributed by atoms with E-state index in [-0.39, 0.29) is 17.5 Å². The highest BCUT2D eigenvalue weighted by Crippen LogP contribution is 2.26. The summed E-state index contributed by atoms with van der Waals surface area (Å²) in [6, 6.07) is 7.33. The minimum absolute atomic E-state index is 0.0479. The third-order valence-corrected chi connectivity index (χ3v) is 5.17. The Hall–Kier alpha value is -1.04. The summed E-state index contributed by atoms with van der Waals surface area (Å²) in [5.74, 6) is 1.09. The van der Waals surface area contributed by atoms with Crippen molar-refractivity contribution in [3.05, 3.63) is 35.0 Å². The largest absolute Gasteiger partial charge is 0.459 e. The predicted molar refractivity (Wildman–Crippen MR) is 82.0 cm³/mol. The summed E-state index contributed by atoms with van der Waals surface area (Å²) in [5, 5.41) is 4.77. The number of sulfone groups is 1. The molecule has 1 aromatic carbocycles. The predicted octanol–water partition coefficient (Wildman–Crippen LogP) is 3.17. The number of furan rings is 1. The van der Waals surface area contributed by atoms with Gasteiger partial charge in [-0.25, -0.2) is 8.42 Å². The monoisotopic (exact) mass is 315 g/mol. The molecule has 0 saturated heterocycles. The molecule has 2 aromatic rings. The van der Waals surface area contributed by atoms with E-state index in [4.69, 9.17) is 16.0 Å². The van der Waals surface area contributed by atoms with Crippen LogP contribution < -0.4 is 5.32 Å². The van der Waals surface area contributed by atoms with Crippen LogP contribution in [0.2, 0.25) is 5.02 Å². The first-order valence-electron chi connectivity index (χ1n) is 6.54. The Morgan fingerprint density at radius 1 is 1.35 bits per heavy atom. The summed E-state index contributed by atoms with van der Waals surface area (Å²) in [6.07, 6.45) is 0. The fourth-order valence-corrected chi connectivity index (χ4v) is 2.82. The molecule has 20 heavy (non-hydrogen) atoms. The summed E-state index contributed by atoms with van der Waals surface area (Å²) in [6.45, 7) is 4.01. The molecule has 1 aromatic heterocycles. The first kappa shape index (κ1) is 15.4. The number of rotatable bonds is 6. The summed E-state index contributed by atoms with van der Waals surface area (Å²) >= 11 is 5.93. The fraction of sp³-hybridized carbons (Fsp3) is 0.429. The molecule has 0 aliphatic heterocycles. The van der Waals surface area contributed by atoms with Crippen molar-refractivity contribution in [3.63, 3.8) is 0 Å². The van der Waals surface area contributed by atoms with Crippen molar-refractivity contribution in [3.8, 4) is 0 Å². The normalized spacial score (nSPS) is 13.8. The Morgan fingerprint density at radius 2 is 2.10 bits per heavy atom. The van der Waals surface area contributed by atoms with Crippen molar-refractivity contribution in [1.82, 2.24) is 5.32 Å². The summed E-state index contributed by atoms with van der Waals surface area (Å²) in [5.41, 5.74) is 0.777. The molecule has 6 heteroatoms. The van der Waals surface area contributed by atoms with Crippen molar-refractivity contribution in [1.29, 1.82) is 0 Å². The maximum absolute atomic E-state index is 11.4. The van der Waals surface area contributed by atoms with E-state index < -0.39 is 9.84 Å². The number of fused-ring (bicyclic) bond motifs is 1. The lowest BCUT2D eigenvalue weighted by Gasteiger charge is -2.10. The molecule has 4 nitrogen and oxygen atoms in total. The smallest absolute Gasteiger partial charge is 0.151 e. The second-order valence-corrected chi connectivity index (χ2v) is 7.65. The van der Waals surface area contributed by atoms with E-state index in [1.165, 1.54) is 0 Å². The van der Waals surface area contributed by atoms with Crippen LogP contribution in [-0.2, 0) is 9.84 Å². The van der Waals surface area contributed by atoms with Crippen LogP contribution in [0.1, 0.15) is 25.6 Å². The lowest BCUT2D eigenvalue weighted by atomic mass is 10.2. The molecule has 110 valence electrons. The van der Waals surface area contributed by atoms with Crippen molar-refractivity contribution in [2.45, 2.75) is 19.9 Å². The zero-order valence-corrected chi connectivity index (χ0v) is 13.1. The minimum atomic E-state index is -2.94. The van der Waals surface area contributed by atoms with E-state index in [1.807, 2.05) is 25.1 Å². The Balaban J connectivity index is 2.02. The van der Waals surface area contributed by atoms with Gasteiger partial charge in [0.25, 0.3) is 0 Å². The molecule has 0 spiro atoms. The van der Waals surface area contributed by atoms with Gasteiger partial charge in [0, 0.05) is 22.7 Å². The molecule has 1 N–H and O–H groups in total. The molecule has 1 heterocycles. The molecule has 0 fully saturated rings. The van der Waals surface area contributed by atoms with Gasteiger partial charge < -0.3 is 9.73 Å². The zero-order valence-electron chi connectivity index (χ0n) is 11.5. The van der Waals surface area contributed by atoms with Gasteiger partial charge in [-0.05, 0) is 31.2 Å². The van der Waals surface area contributed by atoms with Crippen LogP contribution in [0.3, 0.4) is 0 Å². The van der Waals surface area contributed by atoms with Crippen molar-refractivity contribution in [2.75, 3.05) is 18.1 Å². The Morgan fingerprint density at radius 3 is 2.80 bits per heavy atom. The van der Waals surface area contributed by atoms with Gasteiger partial charge in [0.05, 0.1) is 11.8 Å². The first-order chi connectivity index (χ1) is 9.41. The van der Waals surface area contributed by atoms with Crippen molar-refractivity contribution < 1.29 is 12.8 Å². The maximum Gasteiger partial charge on any atom is 0.151 e. The maximum atomic E-state index is 11.4. The summed E-state index contributed by atoms with van der Waals surface area (Å²) in [4.78, 5) is 0. The van der Waals surface area contributed by atoms with Gasteiger partial charge in [0.2, 0.25) is 0 Å². The number of hydrogen-bond donors (Lipinski definition) is 1. The highest BCUT2D eigenvalue weighted by molar-refractivity contribution is 7.91. The van der Waals surface area contributed by atoms with Gasteiger partial charge in [0.1, 0.15) is 11.3 Å². The zero-order chi connectivity index (χ0) is 14.8. The van der Waals surface area contributed by atoms with E-state index in [0.717, 1.165) is 16.7 Å². The standard InChI is InChI=1S/C14H18ClNO3S/c1-3-20(17,18)7-6-16-10(2)14-9-11-8-12(15)4-5-13(11)19-14/h4-5,8-10,16H,3,6-7H2,1-2H3. The second kappa shape index (κ2) is 6.16. The van der Waals surface area contributed by atoms with Gasteiger partial charge in [-0.2, -0.15) is 0 Å². The highest BCUT2D eigenvalue weighted by Gasteiger charge is 2.13. The fourth-order valence-electron chi connectivity index (χ4n) is 1.92. The van der Waals surface area contributed by atoms with Gasteiger partial charge in [-0.1, -0.05) is 18.5 Å². The van der Waals surface area contributed by atoms with Crippen molar-refractivity contribution in [2.24, 2.45) is 0 Å². The number of hydrogen-bond acceptors (Lipinski definition) is 4. The Labute approximate surface area is 124 Å². The molecule has 0 saturated carbocycles. The molecule has 0 bridgehead atoms. The lowest BCUT2D eigenvalue weighted by molar-refractivity contribution is 0.459. The lowest BCUT2D eigenvalue weighted by Crippen LogP contribution is -2.26. The number of halogens is 1. The van der Waals surface area contributed by atoms with Crippen LogP contribution in [0.5, 0.6) is 0 Å². The molecular formula is C14H18ClNO3S. The molecule has 0 aliphatic rings. The molecule has 1 unspecified atom stereocenters. The van der Waals surface area contributed by atoms with Crippen LogP contribution in [0.25, 0.3) is 11.0 Å². The van der Waals surface area contributed by atoms with Crippen LogP contribution >= 0.6 is 11.6 Å². The minimum Gasteiger partial charge on any atom is -0.459 e. The van der Waals surface area contributed by atoms with E-state index in [2.05, 4.69) is 5.32 Å². The molecular weight excluding hydrogens is 298 g/mol. The summed E-state index contributed by atoms with van der Waals surface area (Å²) in [7, 11) is -2.94. The van der Waals surface area contributed by atoms with Gasteiger partial charge >= 0.3 is 0 Å². The summed E-state index contributed by atoms with van der Waals surface area (Å²) < 4.78 is 28.6. The van der Waals surface area contributed by atoms with Crippen LogP contribution in [0.15, 0.2) is 28.7 Å². The Bertz CT molecular complexity index is 694. The molecule has 0 amide bonds. The average Bonchev–Trinajstić information content (AvgIpc) is 2.81.